The van der Waals surface area contributed by atoms with Crippen LogP contribution < -0.4 is 4.74 Å². The number of hydrogen-bond acceptors (Lipinski definition) is 4. The van der Waals surface area contributed by atoms with Gasteiger partial charge in [-0.2, -0.15) is 0 Å². The summed E-state index contributed by atoms with van der Waals surface area (Å²) >= 11 is 13.8. The zero-order chi connectivity index (χ0) is 21.1. The lowest BCUT2D eigenvalue weighted by Crippen LogP contribution is -2.01. The zero-order valence-electron chi connectivity index (χ0n) is 16.5. The molecule has 0 aliphatic carbocycles. The summed E-state index contributed by atoms with van der Waals surface area (Å²) in [5.41, 5.74) is 4.10. The first-order valence-corrected chi connectivity index (χ1v) is 11.0. The van der Waals surface area contributed by atoms with Crippen LogP contribution in [0.1, 0.15) is 11.1 Å². The number of halogens is 2. The highest BCUT2D eigenvalue weighted by atomic mass is 35.5. The quantitative estimate of drug-likeness (QED) is 0.298. The fraction of sp³-hybridized carbons (Fsp3) is 0.130. The summed E-state index contributed by atoms with van der Waals surface area (Å²) in [6.45, 7) is 2.07. The molecule has 30 heavy (non-hydrogen) atoms. The Morgan fingerprint density at radius 3 is 2.53 bits per heavy atom. The molecule has 0 atom stereocenters. The number of rotatable bonds is 6. The van der Waals surface area contributed by atoms with Gasteiger partial charge >= 0.3 is 0 Å². The molecule has 4 nitrogen and oxygen atoms in total. The van der Waals surface area contributed by atoms with E-state index >= 15 is 0 Å². The topological polar surface area (TPSA) is 39.9 Å². The summed E-state index contributed by atoms with van der Waals surface area (Å²) in [7, 11) is 1.66. The van der Waals surface area contributed by atoms with Crippen molar-refractivity contribution in [2.45, 2.75) is 17.8 Å². The summed E-state index contributed by atoms with van der Waals surface area (Å²) < 4.78 is 7.62. The Balaban J connectivity index is 1.77. The molecule has 0 bridgehead atoms. The summed E-state index contributed by atoms with van der Waals surface area (Å²) in [6, 6.07) is 21.8. The molecule has 0 N–H and O–H groups in total. The second-order valence-corrected chi connectivity index (χ2v) is 8.47. The van der Waals surface area contributed by atoms with Gasteiger partial charge in [0.15, 0.2) is 11.0 Å². The molecule has 7 heteroatoms. The first-order chi connectivity index (χ1) is 14.6. The van der Waals surface area contributed by atoms with Gasteiger partial charge in [-0.15, -0.1) is 10.2 Å². The van der Waals surface area contributed by atoms with E-state index in [4.69, 9.17) is 27.9 Å². The van der Waals surface area contributed by atoms with E-state index in [0.717, 1.165) is 39.1 Å². The number of aromatic nitrogens is 3. The maximum Gasteiger partial charge on any atom is 0.196 e. The van der Waals surface area contributed by atoms with Gasteiger partial charge in [-0.1, -0.05) is 65.3 Å². The van der Waals surface area contributed by atoms with Crippen molar-refractivity contribution < 1.29 is 4.74 Å². The van der Waals surface area contributed by atoms with Crippen molar-refractivity contribution >= 4 is 35.0 Å². The minimum Gasteiger partial charge on any atom is -0.496 e. The normalized spacial score (nSPS) is 10.9. The number of thioether (sulfide) groups is 1. The van der Waals surface area contributed by atoms with E-state index in [1.807, 2.05) is 48.5 Å². The molecule has 0 amide bonds. The molecule has 0 aliphatic rings. The molecule has 0 saturated carbocycles. The number of benzene rings is 3. The third-order valence-electron chi connectivity index (χ3n) is 4.59. The molecule has 152 valence electrons. The summed E-state index contributed by atoms with van der Waals surface area (Å²) in [6.07, 6.45) is 0. The Kier molecular flexibility index (Phi) is 6.32. The Labute approximate surface area is 189 Å². The Hall–Kier alpha value is -2.47. The number of hydrogen-bond donors (Lipinski definition) is 0. The molecule has 0 fully saturated rings. The van der Waals surface area contributed by atoms with Gasteiger partial charge in [-0.05, 0) is 54.4 Å². The highest BCUT2D eigenvalue weighted by Gasteiger charge is 2.19. The Bertz CT molecular complexity index is 1190. The zero-order valence-corrected chi connectivity index (χ0v) is 18.8. The van der Waals surface area contributed by atoms with E-state index < -0.39 is 0 Å². The first-order valence-electron chi connectivity index (χ1n) is 9.29. The standard InChI is InChI=1S/C23H19Cl2N3OS/c1-15-6-5-7-17(12-15)28-22(18-8-3-4-9-21(18)29-2)26-27-23(28)30-14-16-10-11-19(24)20(25)13-16/h3-13H,14H2,1-2H3. The van der Waals surface area contributed by atoms with E-state index in [2.05, 4.69) is 39.9 Å². The number of nitrogens with zero attached hydrogens (tertiary/aromatic N) is 3. The highest BCUT2D eigenvalue weighted by molar-refractivity contribution is 7.98. The Morgan fingerprint density at radius 2 is 1.77 bits per heavy atom. The van der Waals surface area contributed by atoms with Crippen LogP contribution in [0.4, 0.5) is 0 Å². The van der Waals surface area contributed by atoms with E-state index in [9.17, 15) is 0 Å². The third-order valence-corrected chi connectivity index (χ3v) is 6.33. The molecule has 1 heterocycles. The minimum absolute atomic E-state index is 0.546. The number of para-hydroxylation sites is 1. The van der Waals surface area contributed by atoms with E-state index in [-0.39, 0.29) is 0 Å². The van der Waals surface area contributed by atoms with Gasteiger partial charge < -0.3 is 4.74 Å². The van der Waals surface area contributed by atoms with Crippen LogP contribution in [0, 0.1) is 6.92 Å². The molecular formula is C23H19Cl2N3OS. The van der Waals surface area contributed by atoms with Crippen LogP contribution in [0.2, 0.25) is 10.0 Å². The molecule has 0 saturated heterocycles. The largest absolute Gasteiger partial charge is 0.496 e. The first kappa shape index (κ1) is 20.8. The van der Waals surface area contributed by atoms with Gasteiger partial charge in [0, 0.05) is 11.4 Å². The van der Waals surface area contributed by atoms with Crippen molar-refractivity contribution in [2.24, 2.45) is 0 Å². The smallest absolute Gasteiger partial charge is 0.196 e. The lowest BCUT2D eigenvalue weighted by atomic mass is 10.1. The van der Waals surface area contributed by atoms with Crippen LogP contribution >= 0.6 is 35.0 Å². The van der Waals surface area contributed by atoms with E-state index in [1.165, 1.54) is 0 Å². The van der Waals surface area contributed by atoms with Crippen molar-refractivity contribution in [3.8, 4) is 22.8 Å². The van der Waals surface area contributed by atoms with Crippen molar-refractivity contribution in [1.82, 2.24) is 14.8 Å². The highest BCUT2D eigenvalue weighted by Crippen LogP contribution is 2.34. The van der Waals surface area contributed by atoms with Crippen molar-refractivity contribution in [3.05, 3.63) is 87.9 Å². The second kappa shape index (κ2) is 9.13. The maximum absolute atomic E-state index is 6.17. The van der Waals surface area contributed by atoms with Gasteiger partial charge in [0.1, 0.15) is 5.75 Å². The lowest BCUT2D eigenvalue weighted by Gasteiger charge is -2.13. The van der Waals surface area contributed by atoms with Crippen LogP contribution in [0.15, 0.2) is 71.9 Å². The molecule has 0 spiro atoms. The van der Waals surface area contributed by atoms with Crippen LogP contribution in [-0.4, -0.2) is 21.9 Å². The molecule has 0 unspecified atom stereocenters. The van der Waals surface area contributed by atoms with Gasteiger partial charge in [0.05, 0.1) is 22.7 Å². The van der Waals surface area contributed by atoms with Crippen LogP contribution in [0.5, 0.6) is 5.75 Å². The molecular weight excluding hydrogens is 437 g/mol. The van der Waals surface area contributed by atoms with Gasteiger partial charge in [0.25, 0.3) is 0 Å². The average molecular weight is 456 g/mol. The molecule has 4 rings (SSSR count). The minimum atomic E-state index is 0.546. The van der Waals surface area contributed by atoms with Gasteiger partial charge in [-0.25, -0.2) is 0 Å². The van der Waals surface area contributed by atoms with Crippen LogP contribution in [0.3, 0.4) is 0 Å². The molecule has 1 aromatic heterocycles. The second-order valence-electron chi connectivity index (χ2n) is 6.72. The predicted octanol–water partition coefficient (Wildman–Crippen LogP) is 6.85. The lowest BCUT2D eigenvalue weighted by molar-refractivity contribution is 0.416. The van der Waals surface area contributed by atoms with Crippen molar-refractivity contribution in [3.63, 3.8) is 0 Å². The van der Waals surface area contributed by atoms with Crippen LogP contribution in [0.25, 0.3) is 17.1 Å². The summed E-state index contributed by atoms with van der Waals surface area (Å²) in [4.78, 5) is 0. The third kappa shape index (κ3) is 4.33. The SMILES string of the molecule is COc1ccccc1-c1nnc(SCc2ccc(Cl)c(Cl)c2)n1-c1cccc(C)c1. The van der Waals surface area contributed by atoms with E-state index in [0.29, 0.717) is 15.8 Å². The van der Waals surface area contributed by atoms with Crippen LogP contribution in [-0.2, 0) is 5.75 Å². The fourth-order valence-corrected chi connectivity index (χ4v) is 4.36. The van der Waals surface area contributed by atoms with Gasteiger partial charge in [0.2, 0.25) is 0 Å². The number of aryl methyl sites for hydroxylation is 1. The monoisotopic (exact) mass is 455 g/mol. The van der Waals surface area contributed by atoms with Gasteiger partial charge in [-0.3, -0.25) is 4.57 Å². The van der Waals surface area contributed by atoms with Crippen molar-refractivity contribution in [1.29, 1.82) is 0 Å². The number of ether oxygens (including phenoxy) is 1. The Morgan fingerprint density at radius 1 is 0.933 bits per heavy atom. The fourth-order valence-electron chi connectivity index (χ4n) is 3.14. The average Bonchev–Trinajstić information content (AvgIpc) is 3.18. The molecule has 4 aromatic rings. The molecule has 0 aliphatic heterocycles. The molecule has 3 aromatic carbocycles. The predicted molar refractivity (Wildman–Crippen MR) is 124 cm³/mol. The van der Waals surface area contributed by atoms with E-state index in [1.54, 1.807) is 18.9 Å². The molecule has 0 radical (unpaired) electrons. The summed E-state index contributed by atoms with van der Waals surface area (Å²) in [5.74, 6) is 2.17. The van der Waals surface area contributed by atoms with Crippen molar-refractivity contribution in [2.75, 3.05) is 7.11 Å². The maximum atomic E-state index is 6.17. The number of methoxy groups -OCH3 is 1. The summed E-state index contributed by atoms with van der Waals surface area (Å²) in [5, 5.41) is 10.9.